The third-order valence-corrected chi connectivity index (χ3v) is 3.25. The molecule has 1 rings (SSSR count). The predicted molar refractivity (Wildman–Crippen MR) is 69.3 cm³/mol. The molecular weight excluding hydrogens is 198 g/mol. The van der Waals surface area contributed by atoms with Gasteiger partial charge in [-0.15, -0.1) is 0 Å². The highest BCUT2D eigenvalue weighted by molar-refractivity contribution is 4.71. The second-order valence-corrected chi connectivity index (χ2v) is 5.12. The van der Waals surface area contributed by atoms with Gasteiger partial charge in [-0.25, -0.2) is 5.48 Å². The Morgan fingerprint density at radius 3 is 2.19 bits per heavy atom. The van der Waals surface area contributed by atoms with E-state index in [1.807, 2.05) is 0 Å². The molecule has 0 radical (unpaired) electrons. The molecule has 0 saturated heterocycles. The van der Waals surface area contributed by atoms with Gasteiger partial charge in [0.1, 0.15) is 0 Å². The minimum absolute atomic E-state index is 0.867. The van der Waals surface area contributed by atoms with Gasteiger partial charge in [0.15, 0.2) is 0 Å². The molecule has 1 saturated carbocycles. The van der Waals surface area contributed by atoms with Crippen LogP contribution in [0.4, 0.5) is 0 Å². The van der Waals surface area contributed by atoms with Gasteiger partial charge in [-0.1, -0.05) is 51.9 Å². The van der Waals surface area contributed by atoms with E-state index in [0.29, 0.717) is 0 Å². The lowest BCUT2D eigenvalue weighted by Crippen LogP contribution is -2.17. The van der Waals surface area contributed by atoms with Gasteiger partial charge in [0, 0.05) is 6.54 Å². The molecule has 0 atom stereocenters. The maximum atomic E-state index is 5.37. The van der Waals surface area contributed by atoms with E-state index < -0.39 is 0 Å². The van der Waals surface area contributed by atoms with Crippen LogP contribution >= 0.6 is 0 Å². The van der Waals surface area contributed by atoms with Crippen molar-refractivity contribution >= 4 is 0 Å². The zero-order valence-corrected chi connectivity index (χ0v) is 11.0. The SMILES string of the molecule is CCCCCCCCCCNOCC1CC1. The van der Waals surface area contributed by atoms with E-state index in [4.69, 9.17) is 4.84 Å². The van der Waals surface area contributed by atoms with Crippen molar-refractivity contribution in [2.75, 3.05) is 13.2 Å². The first-order valence-electron chi connectivity index (χ1n) is 7.28. The second kappa shape index (κ2) is 10.1. The average molecular weight is 227 g/mol. The van der Waals surface area contributed by atoms with Crippen molar-refractivity contribution in [3.8, 4) is 0 Å². The van der Waals surface area contributed by atoms with E-state index >= 15 is 0 Å². The Morgan fingerprint density at radius 1 is 0.938 bits per heavy atom. The third kappa shape index (κ3) is 9.17. The van der Waals surface area contributed by atoms with Crippen molar-refractivity contribution in [3.05, 3.63) is 0 Å². The fourth-order valence-electron chi connectivity index (χ4n) is 1.86. The van der Waals surface area contributed by atoms with Gasteiger partial charge in [-0.05, 0) is 25.2 Å². The van der Waals surface area contributed by atoms with Crippen molar-refractivity contribution in [2.45, 2.75) is 71.1 Å². The maximum absolute atomic E-state index is 5.37. The first-order chi connectivity index (χ1) is 7.93. The summed E-state index contributed by atoms with van der Waals surface area (Å²) < 4.78 is 0. The summed E-state index contributed by atoms with van der Waals surface area (Å²) >= 11 is 0. The quantitative estimate of drug-likeness (QED) is 0.401. The van der Waals surface area contributed by atoms with Gasteiger partial charge in [-0.3, -0.25) is 0 Å². The summed E-state index contributed by atoms with van der Waals surface area (Å²) in [5.41, 5.74) is 3.07. The third-order valence-electron chi connectivity index (χ3n) is 3.25. The molecule has 0 unspecified atom stereocenters. The van der Waals surface area contributed by atoms with Crippen LogP contribution in [0.25, 0.3) is 0 Å². The van der Waals surface area contributed by atoms with Crippen molar-refractivity contribution < 1.29 is 4.84 Å². The summed E-state index contributed by atoms with van der Waals surface area (Å²) in [5, 5.41) is 0. The summed E-state index contributed by atoms with van der Waals surface area (Å²) in [5.74, 6) is 0.867. The average Bonchev–Trinajstić information content (AvgIpc) is 3.10. The van der Waals surface area contributed by atoms with Gasteiger partial charge >= 0.3 is 0 Å². The van der Waals surface area contributed by atoms with E-state index in [2.05, 4.69) is 12.4 Å². The van der Waals surface area contributed by atoms with Gasteiger partial charge in [0.05, 0.1) is 6.61 Å². The summed E-state index contributed by atoms with van der Waals surface area (Å²) in [7, 11) is 0. The molecule has 96 valence electrons. The van der Waals surface area contributed by atoms with Gasteiger partial charge in [0.2, 0.25) is 0 Å². The van der Waals surface area contributed by atoms with Gasteiger partial charge in [-0.2, -0.15) is 0 Å². The van der Waals surface area contributed by atoms with Crippen LogP contribution in [0.15, 0.2) is 0 Å². The van der Waals surface area contributed by atoms with Crippen LogP contribution in [0.1, 0.15) is 71.1 Å². The molecule has 2 nitrogen and oxygen atoms in total. The van der Waals surface area contributed by atoms with Gasteiger partial charge < -0.3 is 4.84 Å². The van der Waals surface area contributed by atoms with Crippen LogP contribution < -0.4 is 5.48 Å². The minimum Gasteiger partial charge on any atom is -0.302 e. The Bertz CT molecular complexity index is 146. The number of rotatable bonds is 12. The summed E-state index contributed by atoms with van der Waals surface area (Å²) in [4.78, 5) is 5.37. The molecule has 0 aliphatic heterocycles. The minimum atomic E-state index is 0.867. The highest BCUT2D eigenvalue weighted by atomic mass is 16.6. The first kappa shape index (κ1) is 14.0. The lowest BCUT2D eigenvalue weighted by Gasteiger charge is -2.04. The number of nitrogens with one attached hydrogen (secondary N) is 1. The molecule has 1 aliphatic rings. The van der Waals surface area contributed by atoms with Crippen LogP contribution in [0.5, 0.6) is 0 Å². The van der Waals surface area contributed by atoms with E-state index in [0.717, 1.165) is 19.1 Å². The maximum Gasteiger partial charge on any atom is 0.0710 e. The first-order valence-corrected chi connectivity index (χ1v) is 7.28. The Labute approximate surface area is 101 Å². The van der Waals surface area contributed by atoms with Crippen LogP contribution in [0.3, 0.4) is 0 Å². The van der Waals surface area contributed by atoms with Crippen molar-refractivity contribution in [1.82, 2.24) is 5.48 Å². The van der Waals surface area contributed by atoms with Crippen LogP contribution in [0, 0.1) is 5.92 Å². The van der Waals surface area contributed by atoms with Gasteiger partial charge in [0.25, 0.3) is 0 Å². The lowest BCUT2D eigenvalue weighted by atomic mass is 10.1. The molecule has 0 aromatic carbocycles. The van der Waals surface area contributed by atoms with E-state index in [9.17, 15) is 0 Å². The zero-order chi connectivity index (χ0) is 11.5. The molecule has 0 amide bonds. The Hall–Kier alpha value is -0.0800. The van der Waals surface area contributed by atoms with Crippen molar-refractivity contribution in [3.63, 3.8) is 0 Å². The fraction of sp³-hybridized carbons (Fsp3) is 1.00. The standard InChI is InChI=1S/C14H29NO/c1-2-3-4-5-6-7-8-9-12-15-16-13-14-10-11-14/h14-15H,2-13H2,1H3. The molecule has 2 heteroatoms. The molecular formula is C14H29NO. The molecule has 0 bridgehead atoms. The van der Waals surface area contributed by atoms with Crippen LogP contribution in [-0.4, -0.2) is 13.2 Å². The molecule has 16 heavy (non-hydrogen) atoms. The smallest absolute Gasteiger partial charge is 0.0710 e. The van der Waals surface area contributed by atoms with Crippen molar-refractivity contribution in [2.24, 2.45) is 5.92 Å². The van der Waals surface area contributed by atoms with Crippen molar-refractivity contribution in [1.29, 1.82) is 0 Å². The van der Waals surface area contributed by atoms with E-state index in [1.165, 1.54) is 64.2 Å². The molecule has 0 aromatic rings. The molecule has 1 N–H and O–H groups in total. The van der Waals surface area contributed by atoms with Crippen LogP contribution in [-0.2, 0) is 4.84 Å². The lowest BCUT2D eigenvalue weighted by molar-refractivity contribution is 0.0330. The normalized spacial score (nSPS) is 15.6. The molecule has 0 aromatic heterocycles. The van der Waals surface area contributed by atoms with Crippen LogP contribution in [0.2, 0.25) is 0 Å². The van der Waals surface area contributed by atoms with E-state index in [-0.39, 0.29) is 0 Å². The molecule has 1 aliphatic carbocycles. The highest BCUT2D eigenvalue weighted by Crippen LogP contribution is 2.28. The summed E-state index contributed by atoms with van der Waals surface area (Å²) in [6.07, 6.45) is 13.8. The second-order valence-electron chi connectivity index (χ2n) is 5.12. The monoisotopic (exact) mass is 227 g/mol. The number of unbranched alkanes of at least 4 members (excludes halogenated alkanes) is 7. The van der Waals surface area contributed by atoms with E-state index in [1.54, 1.807) is 0 Å². The highest BCUT2D eigenvalue weighted by Gasteiger charge is 2.21. The number of hydroxylamine groups is 1. The largest absolute Gasteiger partial charge is 0.302 e. The molecule has 1 fully saturated rings. The number of hydrogen-bond acceptors (Lipinski definition) is 2. The topological polar surface area (TPSA) is 21.3 Å². The Kier molecular flexibility index (Phi) is 8.83. The summed E-state index contributed by atoms with van der Waals surface area (Å²) in [6, 6.07) is 0. The molecule has 0 spiro atoms. The predicted octanol–water partition coefficient (Wildman–Crippen LogP) is 4.06. The molecule has 0 heterocycles. The fourth-order valence-corrected chi connectivity index (χ4v) is 1.86. The number of hydrogen-bond donors (Lipinski definition) is 1. The zero-order valence-electron chi connectivity index (χ0n) is 11.0. The summed E-state index contributed by atoms with van der Waals surface area (Å²) in [6.45, 7) is 4.23. The Balaban J connectivity index is 1.61. The Morgan fingerprint density at radius 2 is 1.56 bits per heavy atom.